The summed E-state index contributed by atoms with van der Waals surface area (Å²) >= 11 is 1.14. The van der Waals surface area contributed by atoms with Crippen molar-refractivity contribution >= 4 is 34.6 Å². The van der Waals surface area contributed by atoms with Gasteiger partial charge in [0.25, 0.3) is 0 Å². The number of thiazole rings is 1. The number of ether oxygens (including phenoxy) is 1. The fourth-order valence-corrected chi connectivity index (χ4v) is 1.78. The summed E-state index contributed by atoms with van der Waals surface area (Å²) < 4.78 is 4.82. The molecule has 0 radical (unpaired) electrons. The summed E-state index contributed by atoms with van der Waals surface area (Å²) in [5.74, 6) is 0.304. The van der Waals surface area contributed by atoms with Crippen LogP contribution in [0, 0.1) is 0 Å². The van der Waals surface area contributed by atoms with E-state index in [1.54, 1.807) is 30.3 Å². The number of nitrogens with zero attached hydrogens (tertiary/aromatic N) is 2. The Labute approximate surface area is 117 Å². The number of benzene rings is 1. The lowest BCUT2D eigenvalue weighted by molar-refractivity contribution is -0.102. The Morgan fingerprint density at radius 2 is 2.10 bits per heavy atom. The molecular formula is C12H9N3O4S. The fraction of sp³-hybridized carbons (Fsp3) is 0. The largest absolute Gasteiger partial charge is 0.540 e. The van der Waals surface area contributed by atoms with Gasteiger partial charge in [0.2, 0.25) is 0 Å². The van der Waals surface area contributed by atoms with E-state index in [1.807, 2.05) is 0 Å². The van der Waals surface area contributed by atoms with E-state index in [-0.39, 0.29) is 16.5 Å². The standard InChI is InChI=1S/C12H9N3O4S/c13-11-14-10(7-20-11)9(6-16)15-19-12(17)18-8-4-2-1-3-5-8/h1-7H,(H2,13,14)/b15-9+. The third-order valence-electron chi connectivity index (χ3n) is 2.06. The maximum atomic E-state index is 11.4. The van der Waals surface area contributed by atoms with Gasteiger partial charge in [0, 0.05) is 5.38 Å². The van der Waals surface area contributed by atoms with E-state index in [9.17, 15) is 9.59 Å². The third kappa shape index (κ3) is 3.62. The monoisotopic (exact) mass is 291 g/mol. The Hall–Kier alpha value is -2.74. The summed E-state index contributed by atoms with van der Waals surface area (Å²) in [5.41, 5.74) is 5.51. The Balaban J connectivity index is 2.00. The van der Waals surface area contributed by atoms with Gasteiger partial charge >= 0.3 is 6.16 Å². The molecule has 0 saturated carbocycles. The van der Waals surface area contributed by atoms with E-state index >= 15 is 0 Å². The molecule has 0 atom stereocenters. The number of nitrogen functional groups attached to an aromatic ring is 1. The highest BCUT2D eigenvalue weighted by Crippen LogP contribution is 2.12. The zero-order chi connectivity index (χ0) is 14.4. The van der Waals surface area contributed by atoms with Gasteiger partial charge in [-0.15, -0.1) is 11.3 Å². The van der Waals surface area contributed by atoms with Crippen molar-refractivity contribution in [2.75, 3.05) is 5.73 Å². The van der Waals surface area contributed by atoms with E-state index in [2.05, 4.69) is 15.0 Å². The van der Waals surface area contributed by atoms with Crippen LogP contribution in [0.4, 0.5) is 9.93 Å². The number of aromatic nitrogens is 1. The van der Waals surface area contributed by atoms with Gasteiger partial charge in [0.1, 0.15) is 11.4 Å². The molecule has 7 nitrogen and oxygen atoms in total. The minimum Gasteiger partial charge on any atom is -0.393 e. The van der Waals surface area contributed by atoms with Gasteiger partial charge in [-0.25, -0.2) is 9.78 Å². The highest BCUT2D eigenvalue weighted by atomic mass is 32.1. The van der Waals surface area contributed by atoms with Crippen LogP contribution < -0.4 is 10.5 Å². The van der Waals surface area contributed by atoms with E-state index in [0.717, 1.165) is 11.3 Å². The Kier molecular flexibility index (Phi) is 4.40. The lowest BCUT2D eigenvalue weighted by atomic mass is 10.3. The summed E-state index contributed by atoms with van der Waals surface area (Å²) in [6.07, 6.45) is -0.650. The average molecular weight is 291 g/mol. The maximum absolute atomic E-state index is 11.4. The second-order valence-electron chi connectivity index (χ2n) is 3.42. The summed E-state index contributed by atoms with van der Waals surface area (Å²) in [5, 5.41) is 5.19. The molecule has 0 aliphatic heterocycles. The first-order chi connectivity index (χ1) is 9.69. The second kappa shape index (κ2) is 6.43. The molecule has 0 bridgehead atoms. The summed E-state index contributed by atoms with van der Waals surface area (Å²) in [6.45, 7) is 0. The zero-order valence-corrected chi connectivity index (χ0v) is 10.9. The number of nitrogens with two attached hydrogens (primary N) is 1. The molecule has 2 aromatic rings. The van der Waals surface area contributed by atoms with E-state index in [4.69, 9.17) is 10.5 Å². The van der Waals surface area contributed by atoms with Gasteiger partial charge in [0.15, 0.2) is 17.1 Å². The molecule has 1 aromatic heterocycles. The normalized spacial score (nSPS) is 10.9. The van der Waals surface area contributed by atoms with Crippen molar-refractivity contribution in [2.45, 2.75) is 0 Å². The van der Waals surface area contributed by atoms with Crippen LogP contribution in [0.3, 0.4) is 0 Å². The number of para-hydroxylation sites is 1. The second-order valence-corrected chi connectivity index (χ2v) is 4.31. The van der Waals surface area contributed by atoms with Crippen LogP contribution in [-0.2, 0) is 9.63 Å². The van der Waals surface area contributed by atoms with Crippen LogP contribution in [0.1, 0.15) is 5.69 Å². The lowest BCUT2D eigenvalue weighted by Crippen LogP contribution is -2.11. The Morgan fingerprint density at radius 1 is 1.35 bits per heavy atom. The number of oxime groups is 1. The van der Waals surface area contributed by atoms with Gasteiger partial charge in [-0.3, -0.25) is 9.63 Å². The summed E-state index contributed by atoms with van der Waals surface area (Å²) in [6, 6.07) is 8.31. The topological polar surface area (TPSA) is 104 Å². The van der Waals surface area contributed by atoms with Crippen LogP contribution in [0.5, 0.6) is 5.75 Å². The average Bonchev–Trinajstić information content (AvgIpc) is 2.87. The van der Waals surface area contributed by atoms with Crippen molar-refractivity contribution in [3.63, 3.8) is 0 Å². The predicted octanol–water partition coefficient (Wildman–Crippen LogP) is 1.84. The molecule has 0 aliphatic carbocycles. The van der Waals surface area contributed by atoms with Crippen molar-refractivity contribution in [1.82, 2.24) is 4.98 Å². The van der Waals surface area contributed by atoms with Crippen molar-refractivity contribution in [3.05, 3.63) is 41.4 Å². The SMILES string of the molecule is Nc1nc(/C(C=O)=N/OC(=O)Oc2ccccc2)cs1. The number of anilines is 1. The van der Waals surface area contributed by atoms with Crippen LogP contribution in [0.2, 0.25) is 0 Å². The van der Waals surface area contributed by atoms with Gasteiger partial charge in [-0.2, -0.15) is 0 Å². The number of hydrogen-bond acceptors (Lipinski definition) is 8. The Bertz CT molecular complexity index is 639. The first kappa shape index (κ1) is 13.7. The molecule has 1 aromatic carbocycles. The predicted molar refractivity (Wildman–Crippen MR) is 72.7 cm³/mol. The van der Waals surface area contributed by atoms with Crippen molar-refractivity contribution in [1.29, 1.82) is 0 Å². The molecule has 0 amide bonds. The number of hydrogen-bond donors (Lipinski definition) is 1. The fourth-order valence-electron chi connectivity index (χ4n) is 1.22. The number of carbonyl (C=O) groups excluding carboxylic acids is 2. The van der Waals surface area contributed by atoms with Crippen molar-refractivity contribution in [3.8, 4) is 5.75 Å². The quantitative estimate of drug-likeness (QED) is 0.230. The molecule has 8 heteroatoms. The molecule has 2 rings (SSSR count). The highest BCUT2D eigenvalue weighted by molar-refractivity contribution is 7.13. The summed E-state index contributed by atoms with van der Waals surface area (Å²) in [7, 11) is 0. The third-order valence-corrected chi connectivity index (χ3v) is 2.73. The first-order valence-electron chi connectivity index (χ1n) is 5.37. The zero-order valence-electron chi connectivity index (χ0n) is 10.1. The molecule has 0 spiro atoms. The highest BCUT2D eigenvalue weighted by Gasteiger charge is 2.10. The number of aldehydes is 1. The summed E-state index contributed by atoms with van der Waals surface area (Å²) in [4.78, 5) is 30.5. The number of carbonyl (C=O) groups is 2. The minimum atomic E-state index is -1.06. The van der Waals surface area contributed by atoms with Gasteiger partial charge < -0.3 is 10.5 Å². The van der Waals surface area contributed by atoms with Crippen molar-refractivity contribution < 1.29 is 19.2 Å². The van der Waals surface area contributed by atoms with Gasteiger partial charge in [0.05, 0.1) is 0 Å². The minimum absolute atomic E-state index is 0.150. The Morgan fingerprint density at radius 3 is 2.70 bits per heavy atom. The van der Waals surface area contributed by atoms with Gasteiger partial charge in [-0.1, -0.05) is 23.4 Å². The molecule has 0 saturated heterocycles. The molecule has 2 N–H and O–H groups in total. The van der Waals surface area contributed by atoms with E-state index in [1.165, 1.54) is 5.38 Å². The van der Waals surface area contributed by atoms with Crippen LogP contribution in [-0.4, -0.2) is 23.1 Å². The van der Waals surface area contributed by atoms with Gasteiger partial charge in [-0.05, 0) is 12.1 Å². The molecule has 0 fully saturated rings. The van der Waals surface area contributed by atoms with Crippen LogP contribution in [0.25, 0.3) is 0 Å². The van der Waals surface area contributed by atoms with Crippen LogP contribution in [0.15, 0.2) is 40.9 Å². The van der Waals surface area contributed by atoms with E-state index < -0.39 is 6.16 Å². The van der Waals surface area contributed by atoms with Crippen LogP contribution >= 0.6 is 11.3 Å². The molecule has 1 heterocycles. The van der Waals surface area contributed by atoms with E-state index in [0.29, 0.717) is 12.0 Å². The van der Waals surface area contributed by atoms with Crippen molar-refractivity contribution in [2.24, 2.45) is 5.16 Å². The first-order valence-corrected chi connectivity index (χ1v) is 6.25. The lowest BCUT2D eigenvalue weighted by Gasteiger charge is -2.00. The molecule has 102 valence electrons. The molecular weight excluding hydrogens is 282 g/mol. The molecule has 20 heavy (non-hydrogen) atoms. The maximum Gasteiger partial charge on any atom is 0.540 e. The molecule has 0 aliphatic rings. The molecule has 0 unspecified atom stereocenters. The smallest absolute Gasteiger partial charge is 0.393 e. The number of rotatable bonds is 4.